The van der Waals surface area contributed by atoms with Crippen LogP contribution in [0, 0.1) is 12.7 Å². The smallest absolute Gasteiger partial charge is 0.419 e. The molecule has 1 amide bonds. The third-order valence-electron chi connectivity index (χ3n) is 9.33. The lowest BCUT2D eigenvalue weighted by atomic mass is 9.91. The summed E-state index contributed by atoms with van der Waals surface area (Å²) in [7, 11) is 0. The van der Waals surface area contributed by atoms with E-state index in [1.807, 2.05) is 0 Å². The molecule has 6 rings (SSSR count). The average molecular weight is 798 g/mol. The third-order valence-corrected chi connectivity index (χ3v) is 9.55. The maximum absolute atomic E-state index is 16.2. The normalized spacial score (nSPS) is 17.8. The number of likely N-dealkylation sites (tertiary alicyclic amines) is 1. The molecule has 0 saturated carbocycles. The van der Waals surface area contributed by atoms with Crippen LogP contribution in [0.5, 0.6) is 11.5 Å². The van der Waals surface area contributed by atoms with Crippen LogP contribution in [-0.2, 0) is 33.1 Å². The molecule has 8 nitrogen and oxygen atoms in total. The zero-order chi connectivity index (χ0) is 40.0. The highest BCUT2D eigenvalue weighted by Gasteiger charge is 2.40. The van der Waals surface area contributed by atoms with Crippen molar-refractivity contribution in [2.75, 3.05) is 26.2 Å². The molecule has 17 heteroatoms. The Balaban J connectivity index is 1.60. The van der Waals surface area contributed by atoms with Crippen molar-refractivity contribution in [1.29, 1.82) is 0 Å². The van der Waals surface area contributed by atoms with Gasteiger partial charge in [-0.05, 0) is 72.9 Å². The largest absolute Gasteiger partial charge is 0.466 e. The van der Waals surface area contributed by atoms with Gasteiger partial charge in [0.05, 0.1) is 30.2 Å². The van der Waals surface area contributed by atoms with E-state index in [2.05, 4.69) is 5.32 Å². The van der Waals surface area contributed by atoms with E-state index in [-0.39, 0.29) is 65.9 Å². The van der Waals surface area contributed by atoms with Gasteiger partial charge in [0.15, 0.2) is 0 Å². The molecular formula is C38H32ClF8N3O5. The van der Waals surface area contributed by atoms with Crippen LogP contribution in [0.4, 0.5) is 35.1 Å². The summed E-state index contributed by atoms with van der Waals surface area (Å²) >= 11 is 6.34. The second-order valence-electron chi connectivity index (χ2n) is 13.2. The van der Waals surface area contributed by atoms with Gasteiger partial charge >= 0.3 is 18.3 Å². The number of alkyl halides is 7. The molecule has 4 bridgehead atoms. The van der Waals surface area contributed by atoms with Crippen molar-refractivity contribution in [3.63, 3.8) is 0 Å². The van der Waals surface area contributed by atoms with Crippen molar-refractivity contribution in [2.45, 2.75) is 57.3 Å². The Morgan fingerprint density at radius 3 is 2.36 bits per heavy atom. The summed E-state index contributed by atoms with van der Waals surface area (Å²) in [5, 5.41) is 2.52. The quantitative estimate of drug-likeness (QED) is 0.150. The summed E-state index contributed by atoms with van der Waals surface area (Å²) in [5.41, 5.74) is -5.38. The van der Waals surface area contributed by atoms with Gasteiger partial charge in [-0.1, -0.05) is 23.7 Å². The Kier molecular flexibility index (Phi) is 11.0. The molecule has 2 aliphatic heterocycles. The number of benzene rings is 3. The number of aromatic nitrogens is 1. The average Bonchev–Trinajstić information content (AvgIpc) is 3.06. The van der Waals surface area contributed by atoms with Crippen LogP contribution in [0.2, 0.25) is 5.02 Å². The Hall–Kier alpha value is -4.96. The molecule has 1 unspecified atom stereocenters. The van der Waals surface area contributed by atoms with E-state index in [0.717, 1.165) is 12.3 Å². The molecule has 2 atom stereocenters. The van der Waals surface area contributed by atoms with E-state index < -0.39 is 82.5 Å². The van der Waals surface area contributed by atoms with Crippen LogP contribution < -0.4 is 15.6 Å². The molecule has 4 aromatic rings. The van der Waals surface area contributed by atoms with Gasteiger partial charge in [-0.3, -0.25) is 23.9 Å². The molecule has 2 aliphatic rings. The van der Waals surface area contributed by atoms with Crippen LogP contribution in [-0.4, -0.2) is 53.8 Å². The minimum Gasteiger partial charge on any atom is -0.466 e. The Morgan fingerprint density at radius 2 is 1.71 bits per heavy atom. The van der Waals surface area contributed by atoms with Gasteiger partial charge in [0.2, 0.25) is 5.91 Å². The fourth-order valence-corrected chi connectivity index (χ4v) is 7.09. The fraction of sp³-hybridized carbons (Fsp3) is 0.342. The molecule has 1 saturated heterocycles. The second kappa shape index (κ2) is 15.3. The lowest BCUT2D eigenvalue weighted by Crippen LogP contribution is -2.49. The number of aryl methyl sites for hydroxylation is 1. The van der Waals surface area contributed by atoms with E-state index in [1.54, 1.807) is 4.90 Å². The first kappa shape index (κ1) is 39.7. The number of ether oxygens (including phenoxy) is 2. The van der Waals surface area contributed by atoms with Crippen LogP contribution >= 0.6 is 11.6 Å². The zero-order valence-corrected chi connectivity index (χ0v) is 29.8. The molecule has 0 spiro atoms. The summed E-state index contributed by atoms with van der Waals surface area (Å²) in [5.74, 6) is -4.15. The number of nitrogens with zero attached hydrogens (tertiary/aromatic N) is 2. The molecule has 292 valence electrons. The molecule has 1 fully saturated rings. The monoisotopic (exact) mass is 797 g/mol. The summed E-state index contributed by atoms with van der Waals surface area (Å²) in [4.78, 5) is 42.5. The SMILES string of the molecule is CCOC(=O)C[C@@H]1NC(=O)C(n2cc(CCN3CC(F)C3)c(C(F)(F)F)cc2=O)c2cccc(c2)Oc2cc(Cl)cc(C)c2-c2cc1c(F)c(C(F)(F)F)c2. The molecule has 0 radical (unpaired) electrons. The van der Waals surface area contributed by atoms with Gasteiger partial charge in [0, 0.05) is 54.1 Å². The van der Waals surface area contributed by atoms with Crippen molar-refractivity contribution in [2.24, 2.45) is 0 Å². The lowest BCUT2D eigenvalue weighted by molar-refractivity contribution is -0.144. The minimum absolute atomic E-state index is 0.00233. The summed E-state index contributed by atoms with van der Waals surface area (Å²) in [6.07, 6.45) is -11.8. The number of nitrogens with one attached hydrogen (secondary N) is 1. The van der Waals surface area contributed by atoms with Crippen molar-refractivity contribution in [3.05, 3.63) is 115 Å². The standard InChI is InChI=1S/C38H32ClF8N3O5/c1-3-54-32(52)15-29-26-11-22(12-28(34(26)41)38(45,46)47)33-19(2)9-23(39)13-30(33)55-25-6-4-5-20(10-25)35(36(53)48-29)50-16-21(7-8-49-17-24(40)18-49)27(14-31(50)51)37(42,43)44/h4-6,9-14,16,24,29,35H,3,7-8,15,17-18H2,1-2H3,(H,48,53)/t29-,35?/m0/s1. The lowest BCUT2D eigenvalue weighted by Gasteiger charge is -2.34. The molecule has 1 aromatic heterocycles. The van der Waals surface area contributed by atoms with Gasteiger partial charge in [-0.2, -0.15) is 26.3 Å². The van der Waals surface area contributed by atoms with Gasteiger partial charge in [-0.25, -0.2) is 8.78 Å². The molecule has 3 heterocycles. The predicted octanol–water partition coefficient (Wildman–Crippen LogP) is 8.36. The van der Waals surface area contributed by atoms with E-state index in [0.29, 0.717) is 22.3 Å². The first-order valence-electron chi connectivity index (χ1n) is 17.0. The Morgan fingerprint density at radius 1 is 1.00 bits per heavy atom. The highest BCUT2D eigenvalue weighted by molar-refractivity contribution is 6.31. The number of carbonyl (C=O) groups excluding carboxylic acids is 2. The molecular weight excluding hydrogens is 766 g/mol. The van der Waals surface area contributed by atoms with E-state index in [1.165, 1.54) is 50.2 Å². The second-order valence-corrected chi connectivity index (χ2v) is 13.7. The Labute approximate surface area is 313 Å². The number of rotatable bonds is 7. The van der Waals surface area contributed by atoms with Crippen LogP contribution in [0.25, 0.3) is 11.1 Å². The van der Waals surface area contributed by atoms with Crippen molar-refractivity contribution in [1.82, 2.24) is 14.8 Å². The molecule has 0 aliphatic carbocycles. The highest BCUT2D eigenvalue weighted by Crippen LogP contribution is 2.44. The number of pyridine rings is 1. The number of hydrogen-bond acceptors (Lipinski definition) is 6. The van der Waals surface area contributed by atoms with E-state index >= 15 is 4.39 Å². The maximum Gasteiger partial charge on any atom is 0.419 e. The minimum atomic E-state index is -5.27. The topological polar surface area (TPSA) is 89.9 Å². The molecule has 55 heavy (non-hydrogen) atoms. The first-order chi connectivity index (χ1) is 25.8. The van der Waals surface area contributed by atoms with Crippen molar-refractivity contribution in [3.8, 4) is 22.6 Å². The third kappa shape index (κ3) is 8.49. The molecule has 1 N–H and O–H groups in total. The number of fused-ring (bicyclic) bond motifs is 6. The number of amides is 1. The van der Waals surface area contributed by atoms with Crippen molar-refractivity contribution < 1.29 is 54.2 Å². The van der Waals surface area contributed by atoms with Gasteiger partial charge in [-0.15, -0.1) is 0 Å². The summed E-state index contributed by atoms with van der Waals surface area (Å²) in [6.45, 7) is 2.79. The van der Waals surface area contributed by atoms with Crippen LogP contribution in [0.3, 0.4) is 0 Å². The van der Waals surface area contributed by atoms with Gasteiger partial charge < -0.3 is 14.8 Å². The molecule has 3 aromatic carbocycles. The number of hydrogen-bond donors (Lipinski definition) is 1. The van der Waals surface area contributed by atoms with Gasteiger partial charge in [0.1, 0.15) is 29.5 Å². The van der Waals surface area contributed by atoms with Gasteiger partial charge in [0.25, 0.3) is 5.56 Å². The maximum atomic E-state index is 16.2. The number of halogens is 9. The van der Waals surface area contributed by atoms with Crippen LogP contribution in [0.1, 0.15) is 58.8 Å². The summed E-state index contributed by atoms with van der Waals surface area (Å²) < 4.78 is 128. The Bertz CT molecular complexity index is 2200. The number of carbonyl (C=O) groups is 2. The van der Waals surface area contributed by atoms with Crippen LogP contribution in [0.15, 0.2) is 65.6 Å². The zero-order valence-electron chi connectivity index (χ0n) is 29.1. The first-order valence-corrected chi connectivity index (χ1v) is 17.4. The predicted molar refractivity (Wildman–Crippen MR) is 184 cm³/mol. The fourth-order valence-electron chi connectivity index (χ4n) is 6.83. The van der Waals surface area contributed by atoms with E-state index in [4.69, 9.17) is 21.1 Å². The van der Waals surface area contributed by atoms with E-state index in [9.17, 15) is 45.1 Å². The number of esters is 1. The van der Waals surface area contributed by atoms with Crippen molar-refractivity contribution >= 4 is 23.5 Å². The highest BCUT2D eigenvalue weighted by atomic mass is 35.5. The summed E-state index contributed by atoms with van der Waals surface area (Å²) in [6, 6.07) is 6.40.